The van der Waals surface area contributed by atoms with Crippen LogP contribution in [0, 0.1) is 5.92 Å². The quantitative estimate of drug-likeness (QED) is 0.559. The molecule has 0 aliphatic rings. The smallest absolute Gasteiger partial charge is 0.338 e. The first-order valence-electron chi connectivity index (χ1n) is 9.76. The lowest BCUT2D eigenvalue weighted by molar-refractivity contribution is -0.124. The third kappa shape index (κ3) is 8.07. The molecule has 0 radical (unpaired) electrons. The van der Waals surface area contributed by atoms with Gasteiger partial charge in [0.15, 0.2) is 6.61 Å². The van der Waals surface area contributed by atoms with Gasteiger partial charge in [-0.2, -0.15) is 0 Å². The number of nitrogens with one attached hydrogen (secondary N) is 2. The summed E-state index contributed by atoms with van der Waals surface area (Å²) in [5, 5.41) is 7.43. The van der Waals surface area contributed by atoms with Crippen LogP contribution in [0.4, 0.5) is 5.69 Å². The molecule has 1 atom stereocenters. The Morgan fingerprint density at radius 2 is 1.76 bits per heavy atom. The zero-order chi connectivity index (χ0) is 21.2. The van der Waals surface area contributed by atoms with Crippen molar-refractivity contribution in [2.75, 3.05) is 11.9 Å². The van der Waals surface area contributed by atoms with Crippen molar-refractivity contribution in [3.05, 3.63) is 52.2 Å². The largest absolute Gasteiger partial charge is 0.452 e. The number of anilines is 1. The topological polar surface area (TPSA) is 84.5 Å². The first kappa shape index (κ1) is 22.6. The Hall–Kier alpha value is -2.67. The number of hydrogen-bond donors (Lipinski definition) is 2. The zero-order valence-electron chi connectivity index (χ0n) is 17.1. The Morgan fingerprint density at radius 3 is 2.38 bits per heavy atom. The lowest BCUT2D eigenvalue weighted by Crippen LogP contribution is -2.35. The van der Waals surface area contributed by atoms with E-state index in [4.69, 9.17) is 4.74 Å². The van der Waals surface area contributed by atoms with Gasteiger partial charge in [0.2, 0.25) is 0 Å². The number of carbonyl (C=O) groups excluding carboxylic acids is 3. The van der Waals surface area contributed by atoms with Gasteiger partial charge in [0, 0.05) is 11.7 Å². The number of rotatable bonds is 10. The summed E-state index contributed by atoms with van der Waals surface area (Å²) in [6.45, 7) is 5.98. The second-order valence-electron chi connectivity index (χ2n) is 7.38. The predicted octanol–water partition coefficient (Wildman–Crippen LogP) is 4.49. The van der Waals surface area contributed by atoms with E-state index in [1.807, 2.05) is 12.3 Å². The minimum atomic E-state index is -0.580. The molecule has 2 rings (SSSR count). The zero-order valence-corrected chi connectivity index (χ0v) is 17.9. The second-order valence-corrected chi connectivity index (χ2v) is 8.33. The highest BCUT2D eigenvalue weighted by Crippen LogP contribution is 2.15. The molecular formula is C22H28N2O4S. The highest BCUT2D eigenvalue weighted by Gasteiger charge is 2.13. The summed E-state index contributed by atoms with van der Waals surface area (Å²) in [5.74, 6) is -0.442. The number of hydrogen-bond acceptors (Lipinski definition) is 5. The maximum Gasteiger partial charge on any atom is 0.338 e. The summed E-state index contributed by atoms with van der Waals surface area (Å²) >= 11 is 1.35. The van der Waals surface area contributed by atoms with Crippen LogP contribution in [0.1, 0.15) is 60.1 Å². The van der Waals surface area contributed by atoms with Crippen molar-refractivity contribution in [2.45, 2.75) is 46.1 Å². The van der Waals surface area contributed by atoms with Crippen LogP contribution in [-0.2, 0) is 9.53 Å². The third-order valence-corrected chi connectivity index (χ3v) is 5.15. The summed E-state index contributed by atoms with van der Waals surface area (Å²) in [6, 6.07) is 9.95. The van der Waals surface area contributed by atoms with Crippen LogP contribution in [0.5, 0.6) is 0 Å². The van der Waals surface area contributed by atoms with Crippen molar-refractivity contribution >= 4 is 34.8 Å². The fourth-order valence-electron chi connectivity index (χ4n) is 2.73. The molecule has 0 aliphatic carbocycles. The van der Waals surface area contributed by atoms with Gasteiger partial charge in [-0.25, -0.2) is 4.79 Å². The van der Waals surface area contributed by atoms with Crippen molar-refractivity contribution in [1.29, 1.82) is 0 Å². The molecular weight excluding hydrogens is 388 g/mol. The molecule has 2 N–H and O–H groups in total. The molecule has 0 saturated carbocycles. The van der Waals surface area contributed by atoms with Crippen LogP contribution >= 0.6 is 11.3 Å². The number of amides is 2. The van der Waals surface area contributed by atoms with E-state index in [0.717, 1.165) is 19.3 Å². The molecule has 2 aromatic rings. The van der Waals surface area contributed by atoms with Crippen LogP contribution in [0.15, 0.2) is 41.8 Å². The fourth-order valence-corrected chi connectivity index (χ4v) is 3.34. The fraction of sp³-hybridized carbons (Fsp3) is 0.409. The van der Waals surface area contributed by atoms with Gasteiger partial charge in [-0.1, -0.05) is 32.8 Å². The van der Waals surface area contributed by atoms with Gasteiger partial charge in [-0.15, -0.1) is 11.3 Å². The van der Waals surface area contributed by atoms with Gasteiger partial charge in [0.25, 0.3) is 11.8 Å². The van der Waals surface area contributed by atoms with Crippen molar-refractivity contribution in [2.24, 2.45) is 5.92 Å². The van der Waals surface area contributed by atoms with Crippen LogP contribution in [0.25, 0.3) is 0 Å². The van der Waals surface area contributed by atoms with E-state index in [1.54, 1.807) is 36.4 Å². The summed E-state index contributed by atoms with van der Waals surface area (Å²) in [6.07, 6.45) is 3.07. The maximum absolute atomic E-state index is 12.1. The van der Waals surface area contributed by atoms with Gasteiger partial charge < -0.3 is 15.4 Å². The van der Waals surface area contributed by atoms with Crippen LogP contribution in [0.3, 0.4) is 0 Å². The molecule has 6 nitrogen and oxygen atoms in total. The van der Waals surface area contributed by atoms with E-state index in [2.05, 4.69) is 24.5 Å². The molecule has 1 heterocycles. The van der Waals surface area contributed by atoms with Crippen molar-refractivity contribution in [3.8, 4) is 0 Å². The summed E-state index contributed by atoms with van der Waals surface area (Å²) < 4.78 is 5.08. The monoisotopic (exact) mass is 416 g/mol. The van der Waals surface area contributed by atoms with Gasteiger partial charge in [0.05, 0.1) is 10.4 Å². The molecule has 1 aromatic carbocycles. The normalized spacial score (nSPS) is 11.7. The second kappa shape index (κ2) is 11.4. The lowest BCUT2D eigenvalue weighted by atomic mass is 10.0. The Balaban J connectivity index is 1.74. The molecule has 0 fully saturated rings. The first-order chi connectivity index (χ1) is 13.8. The SMILES string of the molecule is CC(C)CCCC(C)NC(=O)COC(=O)c1ccc(NC(=O)c2cccs2)cc1. The van der Waals surface area contributed by atoms with Crippen molar-refractivity contribution in [1.82, 2.24) is 5.32 Å². The minimum absolute atomic E-state index is 0.0474. The molecule has 0 spiro atoms. The van der Waals surface area contributed by atoms with E-state index in [-0.39, 0.29) is 24.5 Å². The lowest BCUT2D eigenvalue weighted by Gasteiger charge is -2.14. The Labute approximate surface area is 175 Å². The standard InChI is InChI=1S/C22H28N2O4S/c1-15(2)6-4-7-16(3)23-20(25)14-28-22(27)17-9-11-18(12-10-17)24-21(26)19-8-5-13-29-19/h5,8-13,15-16H,4,6-7,14H2,1-3H3,(H,23,25)(H,24,26). The van der Waals surface area contributed by atoms with E-state index in [1.165, 1.54) is 11.3 Å². The van der Waals surface area contributed by atoms with Crippen LogP contribution < -0.4 is 10.6 Å². The maximum atomic E-state index is 12.1. The van der Waals surface area contributed by atoms with Crippen LogP contribution in [0.2, 0.25) is 0 Å². The van der Waals surface area contributed by atoms with Crippen LogP contribution in [-0.4, -0.2) is 30.4 Å². The molecule has 2 amide bonds. The average Bonchev–Trinajstić information content (AvgIpc) is 3.21. The molecule has 0 bridgehead atoms. The van der Waals surface area contributed by atoms with Gasteiger partial charge >= 0.3 is 5.97 Å². The molecule has 7 heteroatoms. The molecule has 0 saturated heterocycles. The third-order valence-electron chi connectivity index (χ3n) is 4.28. The summed E-state index contributed by atoms with van der Waals surface area (Å²) in [5.41, 5.74) is 0.893. The Morgan fingerprint density at radius 1 is 1.03 bits per heavy atom. The summed E-state index contributed by atoms with van der Waals surface area (Å²) in [7, 11) is 0. The first-order valence-corrected chi connectivity index (χ1v) is 10.6. The van der Waals surface area contributed by atoms with Gasteiger partial charge in [0.1, 0.15) is 0 Å². The average molecular weight is 417 g/mol. The summed E-state index contributed by atoms with van der Waals surface area (Å²) in [4.78, 5) is 36.7. The van der Waals surface area contributed by atoms with Crippen molar-refractivity contribution < 1.29 is 19.1 Å². The van der Waals surface area contributed by atoms with E-state index >= 15 is 0 Å². The highest BCUT2D eigenvalue weighted by molar-refractivity contribution is 7.12. The van der Waals surface area contributed by atoms with E-state index in [0.29, 0.717) is 22.0 Å². The number of ether oxygens (including phenoxy) is 1. The van der Waals surface area contributed by atoms with Gasteiger partial charge in [-0.05, 0) is 55.0 Å². The van der Waals surface area contributed by atoms with E-state index in [9.17, 15) is 14.4 Å². The molecule has 156 valence electrons. The Kier molecular flexibility index (Phi) is 8.86. The van der Waals surface area contributed by atoms with E-state index < -0.39 is 5.97 Å². The number of esters is 1. The van der Waals surface area contributed by atoms with Gasteiger partial charge in [-0.3, -0.25) is 9.59 Å². The predicted molar refractivity (Wildman–Crippen MR) is 115 cm³/mol. The molecule has 1 unspecified atom stereocenters. The highest BCUT2D eigenvalue weighted by atomic mass is 32.1. The Bertz CT molecular complexity index is 801. The molecule has 0 aliphatic heterocycles. The number of benzene rings is 1. The number of thiophene rings is 1. The molecule has 29 heavy (non-hydrogen) atoms. The number of carbonyl (C=O) groups is 3. The minimum Gasteiger partial charge on any atom is -0.452 e. The van der Waals surface area contributed by atoms with Crippen molar-refractivity contribution in [3.63, 3.8) is 0 Å². The molecule has 1 aromatic heterocycles.